The Morgan fingerprint density at radius 1 is 1.18 bits per heavy atom. The van der Waals surface area contributed by atoms with Crippen molar-refractivity contribution >= 4 is 0 Å². The van der Waals surface area contributed by atoms with Crippen LogP contribution in [0.1, 0.15) is 29.9 Å². The summed E-state index contributed by atoms with van der Waals surface area (Å²) < 4.78 is 50.8. The first-order valence-electron chi connectivity index (χ1n) is 5.55. The van der Waals surface area contributed by atoms with Crippen molar-refractivity contribution in [3.63, 3.8) is 0 Å². The Hall–Kier alpha value is -1.10. The van der Waals surface area contributed by atoms with E-state index in [-0.39, 0.29) is 5.92 Å². The predicted octanol–water partition coefficient (Wildman–Crippen LogP) is 3.31. The fraction of sp³-hybridized carbons (Fsp3) is 0.500. The first-order chi connectivity index (χ1) is 7.97. The summed E-state index contributed by atoms with van der Waals surface area (Å²) >= 11 is 0. The Morgan fingerprint density at radius 2 is 1.94 bits per heavy atom. The molecule has 1 N–H and O–H groups in total. The van der Waals surface area contributed by atoms with Gasteiger partial charge in [-0.05, 0) is 49.1 Å². The topological polar surface area (TPSA) is 12.0 Å². The van der Waals surface area contributed by atoms with Gasteiger partial charge < -0.3 is 5.32 Å². The van der Waals surface area contributed by atoms with Gasteiger partial charge in [-0.15, -0.1) is 0 Å². The molecule has 0 aromatic heterocycles. The molecular formula is C12H13F4N. The molecule has 2 rings (SSSR count). The van der Waals surface area contributed by atoms with Crippen molar-refractivity contribution in [2.45, 2.75) is 24.9 Å². The van der Waals surface area contributed by atoms with Gasteiger partial charge in [-0.25, -0.2) is 4.39 Å². The van der Waals surface area contributed by atoms with Crippen LogP contribution in [-0.2, 0) is 6.18 Å². The highest BCUT2D eigenvalue weighted by Gasteiger charge is 2.32. The molecule has 0 bridgehead atoms. The molecule has 0 aliphatic carbocycles. The summed E-state index contributed by atoms with van der Waals surface area (Å²) in [6, 6.07) is 2.80. The molecule has 1 aromatic rings. The highest BCUT2D eigenvalue weighted by Crippen LogP contribution is 2.33. The van der Waals surface area contributed by atoms with Gasteiger partial charge in [0.1, 0.15) is 5.82 Å². The van der Waals surface area contributed by atoms with Gasteiger partial charge in [0.05, 0.1) is 5.56 Å². The van der Waals surface area contributed by atoms with Crippen LogP contribution in [0.25, 0.3) is 0 Å². The van der Waals surface area contributed by atoms with Crippen LogP contribution in [0.3, 0.4) is 0 Å². The maximum atomic E-state index is 13.2. The third kappa shape index (κ3) is 2.97. The van der Waals surface area contributed by atoms with Crippen molar-refractivity contribution in [2.24, 2.45) is 0 Å². The molecule has 1 fully saturated rings. The second-order valence-electron chi connectivity index (χ2n) is 4.31. The zero-order valence-electron chi connectivity index (χ0n) is 9.15. The normalized spacial score (nSPS) is 21.5. The fourth-order valence-electron chi connectivity index (χ4n) is 2.15. The Morgan fingerprint density at radius 3 is 2.53 bits per heavy atom. The molecule has 0 saturated carbocycles. The van der Waals surface area contributed by atoms with E-state index in [4.69, 9.17) is 0 Å². The van der Waals surface area contributed by atoms with Crippen LogP contribution in [0.2, 0.25) is 0 Å². The van der Waals surface area contributed by atoms with Crippen molar-refractivity contribution in [2.75, 3.05) is 13.1 Å². The SMILES string of the molecule is Fc1cc([C@H]2CCCNC2)cc(C(F)(F)F)c1. The van der Waals surface area contributed by atoms with Crippen LogP contribution < -0.4 is 5.32 Å². The van der Waals surface area contributed by atoms with E-state index in [1.54, 1.807) is 0 Å². The molecule has 1 aliphatic heterocycles. The fourth-order valence-corrected chi connectivity index (χ4v) is 2.15. The molecule has 0 unspecified atom stereocenters. The van der Waals surface area contributed by atoms with E-state index in [0.29, 0.717) is 18.2 Å². The van der Waals surface area contributed by atoms with Crippen LogP contribution in [0.15, 0.2) is 18.2 Å². The summed E-state index contributed by atoms with van der Waals surface area (Å²) in [5, 5.41) is 3.11. The second kappa shape index (κ2) is 4.64. The van der Waals surface area contributed by atoms with Crippen LogP contribution in [0, 0.1) is 5.82 Å². The quantitative estimate of drug-likeness (QED) is 0.751. The van der Waals surface area contributed by atoms with Crippen LogP contribution in [0.5, 0.6) is 0 Å². The number of benzene rings is 1. The van der Waals surface area contributed by atoms with Crippen LogP contribution in [-0.4, -0.2) is 13.1 Å². The summed E-state index contributed by atoms with van der Waals surface area (Å²) in [4.78, 5) is 0. The predicted molar refractivity (Wildman–Crippen MR) is 56.2 cm³/mol. The average molecular weight is 247 g/mol. The summed E-state index contributed by atoms with van der Waals surface area (Å²) in [6.45, 7) is 1.48. The molecule has 1 saturated heterocycles. The minimum atomic E-state index is -4.49. The molecule has 17 heavy (non-hydrogen) atoms. The van der Waals surface area contributed by atoms with Crippen molar-refractivity contribution in [1.82, 2.24) is 5.32 Å². The highest BCUT2D eigenvalue weighted by molar-refractivity contribution is 5.29. The van der Waals surface area contributed by atoms with Crippen molar-refractivity contribution in [3.8, 4) is 0 Å². The summed E-state index contributed by atoms with van der Waals surface area (Å²) in [5.74, 6) is -0.846. The molecule has 1 atom stereocenters. The first kappa shape index (κ1) is 12.4. The second-order valence-corrected chi connectivity index (χ2v) is 4.31. The van der Waals surface area contributed by atoms with E-state index in [2.05, 4.69) is 5.32 Å². The van der Waals surface area contributed by atoms with E-state index in [9.17, 15) is 17.6 Å². The molecule has 0 spiro atoms. The van der Waals surface area contributed by atoms with Gasteiger partial charge in [0.2, 0.25) is 0 Å². The van der Waals surface area contributed by atoms with Gasteiger partial charge in [0.15, 0.2) is 0 Å². The minimum Gasteiger partial charge on any atom is -0.316 e. The molecule has 1 aromatic carbocycles. The molecule has 5 heteroatoms. The Labute approximate surface area is 96.8 Å². The molecular weight excluding hydrogens is 234 g/mol. The zero-order chi connectivity index (χ0) is 12.5. The van der Waals surface area contributed by atoms with E-state index in [1.165, 1.54) is 6.07 Å². The van der Waals surface area contributed by atoms with E-state index in [0.717, 1.165) is 25.5 Å². The summed E-state index contributed by atoms with van der Waals surface area (Å²) in [5.41, 5.74) is -0.470. The van der Waals surface area contributed by atoms with Crippen molar-refractivity contribution < 1.29 is 17.6 Å². The molecule has 94 valence electrons. The Balaban J connectivity index is 2.31. The number of piperidine rings is 1. The maximum Gasteiger partial charge on any atom is 0.416 e. The molecule has 1 nitrogen and oxygen atoms in total. The summed E-state index contributed by atoms with van der Waals surface area (Å²) in [6.07, 6.45) is -2.78. The highest BCUT2D eigenvalue weighted by atomic mass is 19.4. The van der Waals surface area contributed by atoms with Gasteiger partial charge in [-0.1, -0.05) is 0 Å². The van der Waals surface area contributed by atoms with Gasteiger partial charge in [0, 0.05) is 6.54 Å². The van der Waals surface area contributed by atoms with Crippen molar-refractivity contribution in [1.29, 1.82) is 0 Å². The lowest BCUT2D eigenvalue weighted by molar-refractivity contribution is -0.137. The van der Waals surface area contributed by atoms with Gasteiger partial charge in [-0.2, -0.15) is 13.2 Å². The van der Waals surface area contributed by atoms with Crippen molar-refractivity contribution in [3.05, 3.63) is 35.1 Å². The van der Waals surface area contributed by atoms with Gasteiger partial charge >= 0.3 is 6.18 Å². The number of hydrogen-bond acceptors (Lipinski definition) is 1. The Bertz CT molecular complexity index is 394. The Kier molecular flexibility index (Phi) is 3.38. The number of hydrogen-bond donors (Lipinski definition) is 1. The third-order valence-corrected chi connectivity index (χ3v) is 3.02. The third-order valence-electron chi connectivity index (χ3n) is 3.02. The monoisotopic (exact) mass is 247 g/mol. The lowest BCUT2D eigenvalue weighted by Crippen LogP contribution is -2.28. The van der Waals surface area contributed by atoms with Crippen LogP contribution >= 0.6 is 0 Å². The minimum absolute atomic E-state index is 0.0273. The first-order valence-corrected chi connectivity index (χ1v) is 5.55. The molecule has 0 radical (unpaired) electrons. The molecule has 1 aliphatic rings. The number of nitrogens with one attached hydrogen (secondary N) is 1. The lowest BCUT2D eigenvalue weighted by atomic mass is 9.90. The smallest absolute Gasteiger partial charge is 0.316 e. The number of alkyl halides is 3. The average Bonchev–Trinajstić information content (AvgIpc) is 2.28. The van der Waals surface area contributed by atoms with Crippen LogP contribution in [0.4, 0.5) is 17.6 Å². The maximum absolute atomic E-state index is 13.2. The van der Waals surface area contributed by atoms with Gasteiger partial charge in [-0.3, -0.25) is 0 Å². The molecule has 0 amide bonds. The number of rotatable bonds is 1. The summed E-state index contributed by atoms with van der Waals surface area (Å²) in [7, 11) is 0. The van der Waals surface area contributed by atoms with Gasteiger partial charge in [0.25, 0.3) is 0 Å². The zero-order valence-corrected chi connectivity index (χ0v) is 9.15. The number of halogens is 4. The lowest BCUT2D eigenvalue weighted by Gasteiger charge is -2.23. The molecule has 1 heterocycles. The standard InChI is InChI=1S/C12H13F4N/c13-11-5-9(8-2-1-3-17-7-8)4-10(6-11)12(14,15)16/h4-6,8,17H,1-3,7H2/t8-/m0/s1. The van der Waals surface area contributed by atoms with E-state index < -0.39 is 17.6 Å². The van der Waals surface area contributed by atoms with E-state index >= 15 is 0 Å². The van der Waals surface area contributed by atoms with E-state index in [1.807, 2.05) is 0 Å². The largest absolute Gasteiger partial charge is 0.416 e.